The van der Waals surface area contributed by atoms with Crippen LogP contribution in [0.15, 0.2) is 84.9 Å². The van der Waals surface area contributed by atoms with Crippen molar-refractivity contribution in [1.29, 1.82) is 0 Å². The molecule has 0 radical (unpaired) electrons. The van der Waals surface area contributed by atoms with Crippen LogP contribution in [0.1, 0.15) is 49.9 Å². The number of aromatic hydroxyl groups is 1. The van der Waals surface area contributed by atoms with Gasteiger partial charge in [-0.15, -0.1) is 15.0 Å². The Hall–Kier alpha value is -3.36. The van der Waals surface area contributed by atoms with Crippen LogP contribution in [0.2, 0.25) is 0 Å². The number of fused-ring (bicyclic) bond motifs is 1. The van der Waals surface area contributed by atoms with E-state index in [0.717, 1.165) is 55.4 Å². The second-order valence-electron chi connectivity index (χ2n) is 11.4. The summed E-state index contributed by atoms with van der Waals surface area (Å²) in [7, 11) is 0. The van der Waals surface area contributed by atoms with Crippen molar-refractivity contribution in [2.75, 3.05) is 23.9 Å². The highest BCUT2D eigenvalue weighted by Crippen LogP contribution is 2.47. The molecule has 0 saturated carbocycles. The minimum absolute atomic E-state index is 0.130. The van der Waals surface area contributed by atoms with Crippen molar-refractivity contribution in [3.63, 3.8) is 0 Å². The molecule has 0 saturated heterocycles. The van der Waals surface area contributed by atoms with Gasteiger partial charge in [0.1, 0.15) is 34.0 Å². The van der Waals surface area contributed by atoms with E-state index in [-0.39, 0.29) is 11.2 Å². The van der Waals surface area contributed by atoms with Crippen LogP contribution in [0.3, 0.4) is 0 Å². The minimum atomic E-state index is -0.741. The van der Waals surface area contributed by atoms with Gasteiger partial charge in [-0.3, -0.25) is 0 Å². The number of halogens is 2. The van der Waals surface area contributed by atoms with E-state index in [1.54, 1.807) is 4.80 Å². The van der Waals surface area contributed by atoms with Crippen LogP contribution in [0.25, 0.3) is 16.7 Å². The molecule has 0 amide bonds. The zero-order chi connectivity index (χ0) is 29.9. The number of hydrogen-bond donors (Lipinski definition) is 1. The fourth-order valence-corrected chi connectivity index (χ4v) is 5.44. The van der Waals surface area contributed by atoms with Crippen molar-refractivity contribution in [2.24, 2.45) is 0 Å². The molecule has 1 heterocycles. The Balaban J connectivity index is 1.74. The van der Waals surface area contributed by atoms with Crippen molar-refractivity contribution in [3.8, 4) is 22.9 Å². The molecule has 4 aromatic carbocycles. The predicted octanol–water partition coefficient (Wildman–Crippen LogP) is 8.33. The summed E-state index contributed by atoms with van der Waals surface area (Å²) in [6, 6.07) is 28.0. The summed E-state index contributed by atoms with van der Waals surface area (Å²) in [6.45, 7) is 9.81. The predicted molar refractivity (Wildman–Crippen MR) is 176 cm³/mol. The fourth-order valence-electron chi connectivity index (χ4n) is 5.11. The van der Waals surface area contributed by atoms with E-state index in [1.165, 1.54) is 0 Å². The molecule has 5 aromatic rings. The van der Waals surface area contributed by atoms with E-state index in [4.69, 9.17) is 19.7 Å². The molecule has 0 bridgehead atoms. The summed E-state index contributed by atoms with van der Waals surface area (Å²) in [4.78, 5) is 1.55. The summed E-state index contributed by atoms with van der Waals surface area (Å²) in [6.07, 6.45) is 0. The molecule has 0 unspecified atom stereocenters. The van der Waals surface area contributed by atoms with Crippen LogP contribution in [0.4, 0.5) is 0 Å². The lowest BCUT2D eigenvalue weighted by atomic mass is 9.69. The van der Waals surface area contributed by atoms with Crippen molar-refractivity contribution in [2.45, 2.75) is 38.5 Å². The lowest BCUT2D eigenvalue weighted by Crippen LogP contribution is -2.27. The Morgan fingerprint density at radius 3 is 1.60 bits per heavy atom. The Bertz CT molecular complexity index is 1570. The SMILES string of the molecule is CC(C)(C)c1cc(-n2nc3ccccc3n2)c(O)c(C(C)(c2ccc(OCCBr)cc2)c2ccc(OCCBr)cc2)c1. The normalized spacial score (nSPS) is 12.0. The van der Waals surface area contributed by atoms with Gasteiger partial charge in [0.15, 0.2) is 0 Å². The van der Waals surface area contributed by atoms with Gasteiger partial charge in [0.25, 0.3) is 0 Å². The number of ether oxygens (including phenoxy) is 2. The Morgan fingerprint density at radius 2 is 1.17 bits per heavy atom. The van der Waals surface area contributed by atoms with Gasteiger partial charge in [0, 0.05) is 21.6 Å². The van der Waals surface area contributed by atoms with Crippen molar-refractivity contribution in [3.05, 3.63) is 107 Å². The third-order valence-corrected chi connectivity index (χ3v) is 8.20. The molecule has 6 nitrogen and oxygen atoms in total. The maximum atomic E-state index is 12.1. The van der Waals surface area contributed by atoms with Gasteiger partial charge < -0.3 is 14.6 Å². The second-order valence-corrected chi connectivity index (χ2v) is 13.0. The summed E-state index contributed by atoms with van der Waals surface area (Å²) in [5.41, 5.74) is 4.96. The lowest BCUT2D eigenvalue weighted by Gasteiger charge is -2.34. The van der Waals surface area contributed by atoms with E-state index in [2.05, 4.69) is 89.9 Å². The number of nitrogens with zero attached hydrogens (tertiary/aromatic N) is 3. The second kappa shape index (κ2) is 12.5. The number of phenolic OH excluding ortho intramolecular Hbond substituents is 1. The van der Waals surface area contributed by atoms with Crippen LogP contribution in [-0.4, -0.2) is 44.0 Å². The maximum absolute atomic E-state index is 12.1. The first-order valence-electron chi connectivity index (χ1n) is 13.9. The first-order valence-corrected chi connectivity index (χ1v) is 16.2. The molecule has 0 spiro atoms. The van der Waals surface area contributed by atoms with E-state index < -0.39 is 5.41 Å². The third kappa shape index (κ3) is 6.06. The van der Waals surface area contributed by atoms with Gasteiger partial charge in [-0.25, -0.2) is 0 Å². The molecule has 1 N–H and O–H groups in total. The Kier molecular flexibility index (Phi) is 8.94. The zero-order valence-corrected chi connectivity index (χ0v) is 27.4. The molecular weight excluding hydrogens is 658 g/mol. The summed E-state index contributed by atoms with van der Waals surface area (Å²) in [5, 5.41) is 23.0. The largest absolute Gasteiger partial charge is 0.505 e. The van der Waals surface area contributed by atoms with Crippen LogP contribution in [0, 0.1) is 0 Å². The standard InChI is InChI=1S/C34H35Br2N3O3/c1-33(2,3)25-21-28(32(40)31(22-25)39-37-29-7-5-6-8-30(29)38-39)34(4,23-9-13-26(14-10-23)41-19-17-35)24-11-15-27(16-12-24)42-20-18-36/h5-16,21-22,40H,17-20H2,1-4H3. The molecule has 0 atom stereocenters. The van der Waals surface area contributed by atoms with Gasteiger partial charge in [-0.1, -0.05) is 95.1 Å². The number of hydrogen-bond acceptors (Lipinski definition) is 5. The fraction of sp³-hybridized carbons (Fsp3) is 0.294. The Morgan fingerprint density at radius 1 is 0.690 bits per heavy atom. The molecule has 8 heteroatoms. The smallest absolute Gasteiger partial charge is 0.147 e. The van der Waals surface area contributed by atoms with E-state index in [9.17, 15) is 5.11 Å². The quantitative estimate of drug-likeness (QED) is 0.118. The van der Waals surface area contributed by atoms with Crippen LogP contribution in [-0.2, 0) is 10.8 Å². The maximum Gasteiger partial charge on any atom is 0.147 e. The van der Waals surface area contributed by atoms with Gasteiger partial charge in [0.2, 0.25) is 0 Å². The number of phenols is 1. The first kappa shape index (κ1) is 30.1. The molecule has 0 aliphatic rings. The number of aromatic nitrogens is 3. The summed E-state index contributed by atoms with van der Waals surface area (Å²) in [5.74, 6) is 1.71. The average molecular weight is 693 g/mol. The van der Waals surface area contributed by atoms with Gasteiger partial charge >= 0.3 is 0 Å². The highest BCUT2D eigenvalue weighted by atomic mass is 79.9. The van der Waals surface area contributed by atoms with E-state index >= 15 is 0 Å². The monoisotopic (exact) mass is 691 g/mol. The lowest BCUT2D eigenvalue weighted by molar-refractivity contribution is 0.344. The molecule has 5 rings (SSSR count). The molecule has 0 aliphatic carbocycles. The van der Waals surface area contributed by atoms with Gasteiger partial charge in [-0.2, -0.15) is 0 Å². The van der Waals surface area contributed by atoms with E-state index in [1.807, 2.05) is 54.6 Å². The number of benzene rings is 4. The number of rotatable bonds is 10. The molecule has 218 valence electrons. The highest BCUT2D eigenvalue weighted by molar-refractivity contribution is 9.09. The van der Waals surface area contributed by atoms with Crippen molar-refractivity contribution in [1.82, 2.24) is 15.0 Å². The molecular formula is C34H35Br2N3O3. The first-order chi connectivity index (χ1) is 20.1. The summed E-state index contributed by atoms with van der Waals surface area (Å²) < 4.78 is 11.7. The van der Waals surface area contributed by atoms with Crippen LogP contribution >= 0.6 is 31.9 Å². The average Bonchev–Trinajstić information content (AvgIpc) is 3.43. The third-order valence-electron chi connectivity index (χ3n) is 7.55. The van der Waals surface area contributed by atoms with Gasteiger partial charge in [0.05, 0.1) is 13.2 Å². The molecule has 1 aromatic heterocycles. The van der Waals surface area contributed by atoms with Crippen molar-refractivity contribution >= 4 is 42.9 Å². The minimum Gasteiger partial charge on any atom is -0.505 e. The van der Waals surface area contributed by atoms with Crippen molar-refractivity contribution < 1.29 is 14.6 Å². The topological polar surface area (TPSA) is 69.4 Å². The Labute approximate surface area is 263 Å². The molecule has 0 fully saturated rings. The van der Waals surface area contributed by atoms with Gasteiger partial charge in [-0.05, 0) is 71.5 Å². The molecule has 0 aliphatic heterocycles. The highest BCUT2D eigenvalue weighted by Gasteiger charge is 2.36. The van der Waals surface area contributed by atoms with E-state index in [0.29, 0.717) is 18.9 Å². The van der Waals surface area contributed by atoms with Crippen LogP contribution in [0.5, 0.6) is 17.2 Å². The molecule has 42 heavy (non-hydrogen) atoms. The summed E-state index contributed by atoms with van der Waals surface area (Å²) >= 11 is 6.85. The number of alkyl halides is 2. The van der Waals surface area contributed by atoms with Crippen LogP contribution < -0.4 is 9.47 Å². The zero-order valence-electron chi connectivity index (χ0n) is 24.3.